The van der Waals surface area contributed by atoms with Crippen molar-refractivity contribution in [2.24, 2.45) is 0 Å². The topological polar surface area (TPSA) is 81.3 Å². The number of rotatable bonds is 3. The third kappa shape index (κ3) is 2.87. The normalized spacial score (nSPS) is 10.3. The molecule has 0 aliphatic heterocycles. The third-order valence-electron chi connectivity index (χ3n) is 2.68. The van der Waals surface area contributed by atoms with Crippen molar-refractivity contribution in [1.82, 2.24) is 15.0 Å². The molecule has 7 heteroatoms. The van der Waals surface area contributed by atoms with Crippen LogP contribution >= 0.6 is 11.6 Å². The maximum atomic E-state index is 12.0. The Kier molecular flexibility index (Phi) is 4.16. The van der Waals surface area contributed by atoms with Gasteiger partial charge in [-0.1, -0.05) is 23.7 Å². The highest BCUT2D eigenvalue weighted by Gasteiger charge is 2.18. The summed E-state index contributed by atoms with van der Waals surface area (Å²) in [6, 6.07) is 7.09. The molecule has 0 saturated carbocycles. The molecule has 2 rings (SSSR count). The van der Waals surface area contributed by atoms with E-state index in [4.69, 9.17) is 22.2 Å². The molecule has 1 amide bonds. The zero-order valence-corrected chi connectivity index (χ0v) is 11.8. The van der Waals surface area contributed by atoms with E-state index in [2.05, 4.69) is 9.97 Å². The van der Waals surface area contributed by atoms with Gasteiger partial charge < -0.3 is 5.73 Å². The summed E-state index contributed by atoms with van der Waals surface area (Å²) in [6.45, 7) is 0. The molecule has 0 unspecified atom stereocenters. The van der Waals surface area contributed by atoms with Crippen LogP contribution in [0.3, 0.4) is 0 Å². The van der Waals surface area contributed by atoms with Crippen LogP contribution in [0.15, 0.2) is 30.5 Å². The first-order valence-electron chi connectivity index (χ1n) is 5.73. The minimum atomic E-state index is -0.471. The van der Waals surface area contributed by atoms with Crippen molar-refractivity contribution in [3.63, 3.8) is 0 Å². The predicted molar refractivity (Wildman–Crippen MR) is 76.0 cm³/mol. The second-order valence-electron chi connectivity index (χ2n) is 3.98. The second kappa shape index (κ2) is 5.85. The van der Waals surface area contributed by atoms with Crippen molar-refractivity contribution in [3.8, 4) is 11.3 Å². The standard InChI is InChI=1S/C13H13ClN4O2/c1-18(20-2)13(19)11-12(15)16-7-10(17-11)8-4-3-5-9(14)6-8/h3-7H,1-2H3,(H2,15,16). The molecular formula is C13H13ClN4O2. The van der Waals surface area contributed by atoms with Crippen molar-refractivity contribution < 1.29 is 9.63 Å². The van der Waals surface area contributed by atoms with E-state index in [1.54, 1.807) is 18.2 Å². The summed E-state index contributed by atoms with van der Waals surface area (Å²) in [5.41, 5.74) is 6.98. The van der Waals surface area contributed by atoms with Crippen molar-refractivity contribution in [2.75, 3.05) is 19.9 Å². The second-order valence-corrected chi connectivity index (χ2v) is 4.42. The number of benzene rings is 1. The van der Waals surface area contributed by atoms with E-state index in [1.165, 1.54) is 20.4 Å². The third-order valence-corrected chi connectivity index (χ3v) is 2.92. The number of amides is 1. The largest absolute Gasteiger partial charge is 0.382 e. The van der Waals surface area contributed by atoms with Crippen LogP contribution in [0.2, 0.25) is 5.02 Å². The fourth-order valence-electron chi connectivity index (χ4n) is 1.57. The number of nitrogens with zero attached hydrogens (tertiary/aromatic N) is 3. The molecule has 0 aliphatic rings. The van der Waals surface area contributed by atoms with Gasteiger partial charge in [0.1, 0.15) is 0 Å². The first-order valence-corrected chi connectivity index (χ1v) is 6.11. The van der Waals surface area contributed by atoms with Gasteiger partial charge in [0, 0.05) is 17.6 Å². The molecule has 2 N–H and O–H groups in total. The van der Waals surface area contributed by atoms with Gasteiger partial charge in [-0.15, -0.1) is 0 Å². The van der Waals surface area contributed by atoms with Crippen LogP contribution in [-0.4, -0.2) is 35.1 Å². The van der Waals surface area contributed by atoms with Crippen molar-refractivity contribution in [1.29, 1.82) is 0 Å². The quantitative estimate of drug-likeness (QED) is 0.875. The number of halogens is 1. The van der Waals surface area contributed by atoms with E-state index in [0.717, 1.165) is 10.6 Å². The van der Waals surface area contributed by atoms with E-state index in [0.29, 0.717) is 10.7 Å². The Morgan fingerprint density at radius 1 is 1.45 bits per heavy atom. The molecule has 0 atom stereocenters. The smallest absolute Gasteiger partial charge is 0.299 e. The van der Waals surface area contributed by atoms with Crippen molar-refractivity contribution in [3.05, 3.63) is 41.2 Å². The van der Waals surface area contributed by atoms with E-state index in [-0.39, 0.29) is 11.5 Å². The minimum Gasteiger partial charge on any atom is -0.382 e. The van der Waals surface area contributed by atoms with Gasteiger partial charge >= 0.3 is 0 Å². The van der Waals surface area contributed by atoms with Gasteiger partial charge in [0.25, 0.3) is 5.91 Å². The van der Waals surface area contributed by atoms with E-state index < -0.39 is 5.91 Å². The fraction of sp³-hybridized carbons (Fsp3) is 0.154. The molecular weight excluding hydrogens is 280 g/mol. The Labute approximate surface area is 121 Å². The summed E-state index contributed by atoms with van der Waals surface area (Å²) in [7, 11) is 2.85. The summed E-state index contributed by atoms with van der Waals surface area (Å²) >= 11 is 5.93. The Hall–Kier alpha value is -2.18. The predicted octanol–water partition coefficient (Wildman–Crippen LogP) is 2.01. The monoisotopic (exact) mass is 292 g/mol. The molecule has 6 nitrogen and oxygen atoms in total. The maximum absolute atomic E-state index is 12.0. The van der Waals surface area contributed by atoms with Crippen molar-refractivity contribution in [2.45, 2.75) is 0 Å². The molecule has 0 fully saturated rings. The number of carbonyl (C=O) groups is 1. The number of anilines is 1. The first kappa shape index (κ1) is 14.2. The summed E-state index contributed by atoms with van der Waals surface area (Å²) in [5.74, 6) is -0.425. The Bertz CT molecular complexity index is 648. The highest BCUT2D eigenvalue weighted by molar-refractivity contribution is 6.30. The van der Waals surface area contributed by atoms with Crippen LogP contribution in [0.5, 0.6) is 0 Å². The minimum absolute atomic E-state index is 0.0341. The van der Waals surface area contributed by atoms with Crippen LogP contribution in [0.1, 0.15) is 10.5 Å². The van der Waals surface area contributed by atoms with E-state index >= 15 is 0 Å². The lowest BCUT2D eigenvalue weighted by molar-refractivity contribution is -0.0759. The van der Waals surface area contributed by atoms with Crippen molar-refractivity contribution >= 4 is 23.3 Å². The number of nitrogen functional groups attached to an aromatic ring is 1. The van der Waals surface area contributed by atoms with Crippen LogP contribution in [0, 0.1) is 0 Å². The number of hydrogen-bond acceptors (Lipinski definition) is 5. The highest BCUT2D eigenvalue weighted by Crippen LogP contribution is 2.22. The van der Waals surface area contributed by atoms with Crippen LogP contribution in [0.25, 0.3) is 11.3 Å². The van der Waals surface area contributed by atoms with Crippen LogP contribution in [0.4, 0.5) is 5.82 Å². The Morgan fingerprint density at radius 2 is 2.20 bits per heavy atom. The van der Waals surface area contributed by atoms with Gasteiger partial charge in [-0.25, -0.2) is 15.0 Å². The molecule has 1 aromatic heterocycles. The molecule has 0 aliphatic carbocycles. The number of carbonyl (C=O) groups excluding carboxylic acids is 1. The molecule has 1 aromatic carbocycles. The number of hydroxylamine groups is 2. The molecule has 2 aromatic rings. The lowest BCUT2D eigenvalue weighted by Crippen LogP contribution is -2.27. The molecule has 1 heterocycles. The fourth-order valence-corrected chi connectivity index (χ4v) is 1.77. The SMILES string of the molecule is CON(C)C(=O)c1nc(-c2cccc(Cl)c2)cnc1N. The zero-order valence-electron chi connectivity index (χ0n) is 11.0. The molecule has 0 saturated heterocycles. The Balaban J connectivity index is 2.46. The number of nitrogens with two attached hydrogens (primary N) is 1. The highest BCUT2D eigenvalue weighted by atomic mass is 35.5. The van der Waals surface area contributed by atoms with Gasteiger partial charge in [0.15, 0.2) is 11.5 Å². The van der Waals surface area contributed by atoms with Gasteiger partial charge in [-0.3, -0.25) is 9.63 Å². The number of hydrogen-bond donors (Lipinski definition) is 1. The summed E-state index contributed by atoms with van der Waals surface area (Å²) in [6.07, 6.45) is 1.49. The summed E-state index contributed by atoms with van der Waals surface area (Å²) in [5, 5.41) is 1.60. The van der Waals surface area contributed by atoms with Crippen LogP contribution in [-0.2, 0) is 4.84 Å². The summed E-state index contributed by atoms with van der Waals surface area (Å²) < 4.78 is 0. The van der Waals surface area contributed by atoms with Gasteiger partial charge in [0.05, 0.1) is 19.0 Å². The molecule has 0 radical (unpaired) electrons. The molecule has 0 bridgehead atoms. The van der Waals surface area contributed by atoms with Crippen LogP contribution < -0.4 is 5.73 Å². The lowest BCUT2D eigenvalue weighted by Gasteiger charge is -2.14. The van der Waals surface area contributed by atoms with E-state index in [1.807, 2.05) is 6.07 Å². The Morgan fingerprint density at radius 3 is 2.85 bits per heavy atom. The molecule has 0 spiro atoms. The average Bonchev–Trinajstić information content (AvgIpc) is 2.46. The average molecular weight is 293 g/mol. The zero-order chi connectivity index (χ0) is 14.7. The van der Waals surface area contributed by atoms with Gasteiger partial charge in [-0.2, -0.15) is 0 Å². The first-order chi connectivity index (χ1) is 9.52. The van der Waals surface area contributed by atoms with Gasteiger partial charge in [0.2, 0.25) is 0 Å². The number of aromatic nitrogens is 2. The molecule has 104 valence electrons. The molecule has 20 heavy (non-hydrogen) atoms. The lowest BCUT2D eigenvalue weighted by atomic mass is 10.1. The maximum Gasteiger partial charge on any atom is 0.299 e. The summed E-state index contributed by atoms with van der Waals surface area (Å²) in [4.78, 5) is 25.1. The van der Waals surface area contributed by atoms with Gasteiger partial charge in [-0.05, 0) is 12.1 Å². The van der Waals surface area contributed by atoms with E-state index in [9.17, 15) is 4.79 Å².